The fraction of sp³-hybridized carbons (Fsp3) is 0.450. The fourth-order valence-corrected chi connectivity index (χ4v) is 4.92. The van der Waals surface area contributed by atoms with Crippen molar-refractivity contribution in [2.45, 2.75) is 25.4 Å². The Labute approximate surface area is 163 Å². The second-order valence-corrected chi connectivity index (χ2v) is 8.41. The first-order valence-corrected chi connectivity index (χ1v) is 10.5. The van der Waals surface area contributed by atoms with Crippen molar-refractivity contribution in [3.63, 3.8) is 0 Å². The molecule has 0 saturated carbocycles. The van der Waals surface area contributed by atoms with Crippen molar-refractivity contribution in [1.29, 1.82) is 0 Å². The van der Waals surface area contributed by atoms with Crippen LogP contribution < -0.4 is 10.2 Å². The maximum atomic E-state index is 12.6. The number of rotatable bonds is 5. The summed E-state index contributed by atoms with van der Waals surface area (Å²) >= 11 is 8.08. The Morgan fingerprint density at radius 2 is 2.00 bits per heavy atom. The Bertz CT molecular complexity index is 770. The molecule has 1 fully saturated rings. The van der Waals surface area contributed by atoms with Gasteiger partial charge in [0.25, 0.3) is 0 Å². The van der Waals surface area contributed by atoms with Gasteiger partial charge in [-0.1, -0.05) is 23.7 Å². The summed E-state index contributed by atoms with van der Waals surface area (Å²) in [7, 11) is 0. The zero-order chi connectivity index (χ0) is 17.9. The van der Waals surface area contributed by atoms with Crippen LogP contribution in [0.3, 0.4) is 0 Å². The van der Waals surface area contributed by atoms with E-state index in [0.717, 1.165) is 56.4 Å². The van der Waals surface area contributed by atoms with Gasteiger partial charge < -0.3 is 10.2 Å². The predicted molar refractivity (Wildman–Crippen MR) is 108 cm³/mol. The number of carbonyl (C=O) groups is 1. The smallest absolute Gasteiger partial charge is 0.151 e. The van der Waals surface area contributed by atoms with E-state index in [9.17, 15) is 4.79 Å². The SMILES string of the molecule is O=C(CCN1CCN(c2ccccc2Cl)CC1)C1Cc2ccsc2CN1. The topological polar surface area (TPSA) is 35.6 Å². The van der Waals surface area contributed by atoms with Gasteiger partial charge in [-0.25, -0.2) is 0 Å². The number of hydrogen-bond donors (Lipinski definition) is 1. The van der Waals surface area contributed by atoms with Crippen LogP contribution in [-0.4, -0.2) is 49.4 Å². The van der Waals surface area contributed by atoms with Gasteiger partial charge in [-0.15, -0.1) is 11.3 Å². The number of anilines is 1. The van der Waals surface area contributed by atoms with E-state index in [1.54, 1.807) is 11.3 Å². The van der Waals surface area contributed by atoms with Crippen LogP contribution in [0.4, 0.5) is 5.69 Å². The lowest BCUT2D eigenvalue weighted by Gasteiger charge is -2.36. The molecule has 26 heavy (non-hydrogen) atoms. The molecule has 2 aromatic rings. The fourth-order valence-electron chi connectivity index (χ4n) is 3.80. The van der Waals surface area contributed by atoms with Crippen LogP contribution in [0.1, 0.15) is 16.9 Å². The van der Waals surface area contributed by atoms with Crippen LogP contribution in [-0.2, 0) is 17.8 Å². The van der Waals surface area contributed by atoms with E-state index in [1.807, 2.05) is 18.2 Å². The third kappa shape index (κ3) is 3.96. The summed E-state index contributed by atoms with van der Waals surface area (Å²) in [6.45, 7) is 5.55. The van der Waals surface area contributed by atoms with E-state index < -0.39 is 0 Å². The molecular formula is C20H24ClN3OS. The number of carbonyl (C=O) groups excluding carboxylic acids is 1. The van der Waals surface area contributed by atoms with Gasteiger partial charge in [0, 0.05) is 50.6 Å². The Kier molecular flexibility index (Phi) is 5.60. The summed E-state index contributed by atoms with van der Waals surface area (Å²) < 4.78 is 0. The molecule has 1 aromatic carbocycles. The number of Topliss-reactive ketones (excluding diaryl/α,β-unsaturated/α-hetero) is 1. The number of ketones is 1. The summed E-state index contributed by atoms with van der Waals surface area (Å²) in [5, 5.41) is 6.34. The van der Waals surface area contributed by atoms with Crippen molar-refractivity contribution in [2.75, 3.05) is 37.6 Å². The molecule has 3 heterocycles. The van der Waals surface area contributed by atoms with Crippen LogP contribution in [0.5, 0.6) is 0 Å². The summed E-state index contributed by atoms with van der Waals surface area (Å²) in [4.78, 5) is 18.7. The standard InChI is InChI=1S/C20H24ClN3OS/c21-16-3-1-2-4-18(16)24-10-8-23(9-11-24)7-5-19(25)17-13-15-6-12-26-20(15)14-22-17/h1-4,6,12,17,22H,5,7-11,13-14H2. The molecule has 1 N–H and O–H groups in total. The Balaban J connectivity index is 1.24. The molecule has 0 aliphatic carbocycles. The quantitative estimate of drug-likeness (QED) is 0.851. The number of benzene rings is 1. The number of para-hydroxylation sites is 1. The van der Waals surface area contributed by atoms with Crippen LogP contribution in [0, 0.1) is 0 Å². The first kappa shape index (κ1) is 18.0. The molecule has 4 nitrogen and oxygen atoms in total. The number of halogens is 1. The molecule has 1 saturated heterocycles. The number of piperazine rings is 1. The highest BCUT2D eigenvalue weighted by atomic mass is 35.5. The largest absolute Gasteiger partial charge is 0.368 e. The van der Waals surface area contributed by atoms with Gasteiger partial charge in [-0.3, -0.25) is 9.69 Å². The lowest BCUT2D eigenvalue weighted by atomic mass is 9.97. The van der Waals surface area contributed by atoms with Crippen LogP contribution in [0.15, 0.2) is 35.7 Å². The van der Waals surface area contributed by atoms with E-state index in [0.29, 0.717) is 12.2 Å². The molecule has 4 rings (SSSR count). The third-order valence-electron chi connectivity index (χ3n) is 5.40. The number of nitrogens with zero attached hydrogens (tertiary/aromatic N) is 2. The van der Waals surface area contributed by atoms with E-state index >= 15 is 0 Å². The zero-order valence-electron chi connectivity index (χ0n) is 14.8. The van der Waals surface area contributed by atoms with E-state index in [2.05, 4.69) is 32.6 Å². The van der Waals surface area contributed by atoms with Gasteiger partial charge in [-0.05, 0) is 35.6 Å². The Hall–Kier alpha value is -1.40. The minimum atomic E-state index is -0.0125. The minimum absolute atomic E-state index is 0.0125. The van der Waals surface area contributed by atoms with Crippen molar-refractivity contribution < 1.29 is 4.79 Å². The van der Waals surface area contributed by atoms with Gasteiger partial charge in [0.2, 0.25) is 0 Å². The molecule has 6 heteroatoms. The summed E-state index contributed by atoms with van der Waals surface area (Å²) in [5.74, 6) is 0.343. The van der Waals surface area contributed by atoms with Crippen molar-refractivity contribution in [1.82, 2.24) is 10.2 Å². The average molecular weight is 390 g/mol. The van der Waals surface area contributed by atoms with Crippen LogP contribution in [0.25, 0.3) is 0 Å². The average Bonchev–Trinajstić information content (AvgIpc) is 3.15. The molecule has 2 aliphatic heterocycles. The highest BCUT2D eigenvalue weighted by Gasteiger charge is 2.25. The number of thiophene rings is 1. The Morgan fingerprint density at radius 3 is 2.81 bits per heavy atom. The monoisotopic (exact) mass is 389 g/mol. The van der Waals surface area contributed by atoms with Crippen LogP contribution in [0.2, 0.25) is 5.02 Å². The third-order valence-corrected chi connectivity index (χ3v) is 6.68. The molecule has 1 atom stereocenters. The second-order valence-electron chi connectivity index (χ2n) is 7.00. The second kappa shape index (κ2) is 8.09. The van der Waals surface area contributed by atoms with E-state index in [1.165, 1.54) is 10.4 Å². The maximum absolute atomic E-state index is 12.6. The minimum Gasteiger partial charge on any atom is -0.368 e. The molecular weight excluding hydrogens is 366 g/mol. The maximum Gasteiger partial charge on any atom is 0.151 e. The molecule has 2 aliphatic rings. The normalized spacial score (nSPS) is 20.8. The molecule has 1 unspecified atom stereocenters. The lowest BCUT2D eigenvalue weighted by molar-refractivity contribution is -0.121. The molecule has 0 spiro atoms. The van der Waals surface area contributed by atoms with Crippen molar-refractivity contribution in [3.05, 3.63) is 51.2 Å². The lowest BCUT2D eigenvalue weighted by Crippen LogP contribution is -2.48. The van der Waals surface area contributed by atoms with Gasteiger partial charge in [0.05, 0.1) is 16.8 Å². The van der Waals surface area contributed by atoms with Gasteiger partial charge in [-0.2, -0.15) is 0 Å². The van der Waals surface area contributed by atoms with Crippen LogP contribution >= 0.6 is 22.9 Å². The number of nitrogens with one attached hydrogen (secondary N) is 1. The Morgan fingerprint density at radius 1 is 1.19 bits per heavy atom. The summed E-state index contributed by atoms with van der Waals surface area (Å²) in [6.07, 6.45) is 1.47. The zero-order valence-corrected chi connectivity index (χ0v) is 16.4. The van der Waals surface area contributed by atoms with Gasteiger partial charge >= 0.3 is 0 Å². The summed E-state index contributed by atoms with van der Waals surface area (Å²) in [6, 6.07) is 10.2. The molecule has 138 valence electrons. The highest BCUT2D eigenvalue weighted by Crippen LogP contribution is 2.26. The van der Waals surface area contributed by atoms with Crippen molar-refractivity contribution >= 4 is 34.4 Å². The molecule has 0 radical (unpaired) electrons. The molecule has 0 amide bonds. The van der Waals surface area contributed by atoms with Crippen molar-refractivity contribution in [3.8, 4) is 0 Å². The van der Waals surface area contributed by atoms with Gasteiger partial charge in [0.15, 0.2) is 5.78 Å². The van der Waals surface area contributed by atoms with Gasteiger partial charge in [0.1, 0.15) is 0 Å². The molecule has 1 aromatic heterocycles. The number of fused-ring (bicyclic) bond motifs is 1. The highest BCUT2D eigenvalue weighted by molar-refractivity contribution is 7.10. The first-order valence-electron chi connectivity index (χ1n) is 9.24. The first-order chi connectivity index (χ1) is 12.7. The van der Waals surface area contributed by atoms with E-state index in [4.69, 9.17) is 11.6 Å². The number of hydrogen-bond acceptors (Lipinski definition) is 5. The van der Waals surface area contributed by atoms with Crippen molar-refractivity contribution in [2.24, 2.45) is 0 Å². The molecule has 0 bridgehead atoms. The summed E-state index contributed by atoms with van der Waals surface area (Å²) in [5.41, 5.74) is 2.46. The van der Waals surface area contributed by atoms with E-state index in [-0.39, 0.29) is 6.04 Å². The predicted octanol–water partition coefficient (Wildman–Crippen LogP) is 3.20.